The Morgan fingerprint density at radius 2 is 0.583 bits per heavy atom. The van der Waals surface area contributed by atoms with E-state index in [1.54, 1.807) is 0 Å². The van der Waals surface area contributed by atoms with Gasteiger partial charge in [-0.25, -0.2) is 0 Å². The van der Waals surface area contributed by atoms with Crippen LogP contribution in [0.2, 0.25) is 0 Å². The molecule has 0 bridgehead atoms. The number of rotatable bonds is 10. The molecule has 0 N–H and O–H groups in total. The molecule has 2 aliphatic carbocycles. The van der Waals surface area contributed by atoms with Gasteiger partial charge in [0.2, 0.25) is 0 Å². The third kappa shape index (κ3) is 8.00. The highest BCUT2D eigenvalue weighted by molar-refractivity contribution is 6.25. The van der Waals surface area contributed by atoms with Crippen molar-refractivity contribution in [3.05, 3.63) is 311 Å². The van der Waals surface area contributed by atoms with Crippen LogP contribution in [0.4, 0.5) is 34.1 Å². The Kier molecular flexibility index (Phi) is 11.3. The summed E-state index contributed by atoms with van der Waals surface area (Å²) in [5, 5.41) is 12.6. The summed E-state index contributed by atoms with van der Waals surface area (Å²) in [5.41, 5.74) is 22.0. The van der Waals surface area contributed by atoms with Gasteiger partial charge >= 0.3 is 0 Å². The van der Waals surface area contributed by atoms with Crippen LogP contribution in [0.3, 0.4) is 0 Å². The van der Waals surface area contributed by atoms with Gasteiger partial charge in [0.15, 0.2) is 0 Å². The van der Waals surface area contributed by atoms with E-state index in [0.29, 0.717) is 0 Å². The Bertz CT molecular complexity index is 4700. The Balaban J connectivity index is 0.687. The lowest BCUT2D eigenvalue weighted by atomic mass is 9.81. The lowest BCUT2D eigenvalue weighted by Crippen LogP contribution is -2.16. The Morgan fingerprint density at radius 1 is 0.250 bits per heavy atom. The zero-order valence-electron chi connectivity index (χ0n) is 47.6. The number of hydrogen-bond acceptors (Lipinski definition) is 2. The first-order valence-electron chi connectivity index (χ1n) is 29.5. The predicted octanol–water partition coefficient (Wildman–Crippen LogP) is 22.8. The second kappa shape index (κ2) is 19.2. The minimum absolute atomic E-state index is 0.200. The molecule has 0 spiro atoms. The maximum absolute atomic E-state index is 2.43. The summed E-state index contributed by atoms with van der Waals surface area (Å²) in [6.45, 7) is 9.54. The van der Waals surface area contributed by atoms with Crippen molar-refractivity contribution in [1.82, 2.24) is 0 Å². The van der Waals surface area contributed by atoms with Crippen molar-refractivity contribution in [2.75, 3.05) is 9.80 Å². The number of para-hydroxylation sites is 2. The van der Waals surface area contributed by atoms with Gasteiger partial charge < -0.3 is 9.80 Å². The number of benzene rings is 14. The minimum atomic E-state index is -0.200. The predicted molar refractivity (Wildman–Crippen MR) is 360 cm³/mol. The van der Waals surface area contributed by atoms with Crippen LogP contribution in [0.15, 0.2) is 267 Å². The van der Waals surface area contributed by atoms with Crippen molar-refractivity contribution in [3.8, 4) is 22.3 Å². The molecule has 0 radical (unpaired) electrons. The van der Waals surface area contributed by atoms with E-state index in [1.807, 2.05) is 0 Å². The van der Waals surface area contributed by atoms with E-state index in [2.05, 4.69) is 329 Å². The second-order valence-electron chi connectivity index (χ2n) is 24.1. The first-order chi connectivity index (χ1) is 41.1. The van der Waals surface area contributed by atoms with E-state index in [1.165, 1.54) is 121 Å². The molecule has 84 heavy (non-hydrogen) atoms. The SMILES string of the molecule is CC1(C)c2cc(/C=C/c3ccc4ccc5c(/C=C/c6ccc7c(c6)C(C)(C)c6cc(N(c8ccccc8)c8ccc9ccccc9c8)ccc6-7)ccc6ccc3c4c65)ccc2-c2ccc(N(c3ccccc3)c3ccc4ccccc4c3)cc21. The Labute approximate surface area is 491 Å². The van der Waals surface area contributed by atoms with Crippen molar-refractivity contribution in [2.24, 2.45) is 0 Å². The molecule has 0 aromatic heterocycles. The molecule has 0 unspecified atom stereocenters. The van der Waals surface area contributed by atoms with Crippen molar-refractivity contribution >= 4 is 112 Å². The number of fused-ring (bicyclic) bond motifs is 8. The van der Waals surface area contributed by atoms with Gasteiger partial charge in [0, 0.05) is 45.0 Å². The maximum atomic E-state index is 2.43. The van der Waals surface area contributed by atoms with E-state index in [-0.39, 0.29) is 10.8 Å². The largest absolute Gasteiger partial charge is 0.310 e. The summed E-state index contributed by atoms with van der Waals surface area (Å²) < 4.78 is 0. The summed E-state index contributed by atoms with van der Waals surface area (Å²) >= 11 is 0. The molecule has 0 heterocycles. The topological polar surface area (TPSA) is 6.48 Å². The normalized spacial score (nSPS) is 13.8. The quantitative estimate of drug-likeness (QED) is 0.0995. The van der Waals surface area contributed by atoms with E-state index in [9.17, 15) is 0 Å². The molecule has 0 saturated carbocycles. The fourth-order valence-electron chi connectivity index (χ4n) is 14.2. The summed E-state index contributed by atoms with van der Waals surface area (Å²) in [7, 11) is 0. The van der Waals surface area contributed by atoms with Gasteiger partial charge in [-0.3, -0.25) is 0 Å². The zero-order valence-corrected chi connectivity index (χ0v) is 47.6. The van der Waals surface area contributed by atoms with Crippen LogP contribution in [0.5, 0.6) is 0 Å². The van der Waals surface area contributed by atoms with Gasteiger partial charge in [-0.05, 0) is 193 Å². The molecule has 0 atom stereocenters. The van der Waals surface area contributed by atoms with Gasteiger partial charge in [0.1, 0.15) is 0 Å². The first-order valence-corrected chi connectivity index (χ1v) is 29.5. The van der Waals surface area contributed by atoms with Crippen LogP contribution >= 0.6 is 0 Å². The molecule has 0 amide bonds. The summed E-state index contributed by atoms with van der Waals surface area (Å²) in [4.78, 5) is 4.79. The van der Waals surface area contributed by atoms with Crippen molar-refractivity contribution in [3.63, 3.8) is 0 Å². The van der Waals surface area contributed by atoms with Crippen molar-refractivity contribution < 1.29 is 0 Å². The zero-order chi connectivity index (χ0) is 56.3. The second-order valence-corrected chi connectivity index (χ2v) is 24.1. The van der Waals surface area contributed by atoms with E-state index >= 15 is 0 Å². The summed E-state index contributed by atoms with van der Waals surface area (Å²) in [6.07, 6.45) is 9.26. The highest BCUT2D eigenvalue weighted by Gasteiger charge is 2.38. The third-order valence-electron chi connectivity index (χ3n) is 18.5. The van der Waals surface area contributed by atoms with E-state index in [0.717, 1.165) is 34.1 Å². The monoisotopic (exact) mass is 1070 g/mol. The summed E-state index contributed by atoms with van der Waals surface area (Å²) in [6, 6.07) is 99.0. The van der Waals surface area contributed by atoms with Crippen LogP contribution in [0.1, 0.15) is 72.2 Å². The highest BCUT2D eigenvalue weighted by Crippen LogP contribution is 2.53. The standard InChI is InChI=1S/C82H60N2/c1-81(2)75-47-53(25-41-71(75)73-45-39-67(51-77(73)81)83(63-19-7-5-8-20-63)65-37-33-55-15-11-13-17-61(55)49-65)23-27-57-29-31-59-36-44-70-58(30-32-60-35-43-69(57)79(59)80(60)70)28-24-54-26-42-72-74-46-40-68(52-78(74)82(3,4)76(72)48-54)84(64-21-9-6-10-22-64)66-38-34-56-16-12-14-18-62(56)50-66/h5-52H,1-4H3/b27-23+,28-24+. The highest BCUT2D eigenvalue weighted by atomic mass is 15.1. The molecule has 0 aliphatic heterocycles. The Hall–Kier alpha value is -10.3. The summed E-state index contributed by atoms with van der Waals surface area (Å²) in [5.74, 6) is 0. The van der Waals surface area contributed by atoms with Gasteiger partial charge in [-0.2, -0.15) is 0 Å². The lowest BCUT2D eigenvalue weighted by molar-refractivity contribution is 0.660. The molecule has 2 heteroatoms. The molecular weight excluding hydrogens is 1010 g/mol. The van der Waals surface area contributed by atoms with Gasteiger partial charge in [-0.1, -0.05) is 246 Å². The van der Waals surface area contributed by atoms with Crippen LogP contribution in [-0.4, -0.2) is 0 Å². The minimum Gasteiger partial charge on any atom is -0.310 e. The molecule has 16 rings (SSSR count). The molecule has 14 aromatic carbocycles. The van der Waals surface area contributed by atoms with Gasteiger partial charge in [0.05, 0.1) is 0 Å². The molecular formula is C82H60N2. The van der Waals surface area contributed by atoms with Crippen LogP contribution in [-0.2, 0) is 10.8 Å². The van der Waals surface area contributed by atoms with E-state index < -0.39 is 0 Å². The van der Waals surface area contributed by atoms with Crippen LogP contribution in [0, 0.1) is 0 Å². The fraction of sp³-hybridized carbons (Fsp3) is 0.0732. The molecule has 14 aromatic rings. The average Bonchev–Trinajstić information content (AvgIpc) is 3.92. The number of anilines is 6. The molecule has 2 nitrogen and oxygen atoms in total. The number of nitrogens with zero attached hydrogens (tertiary/aromatic N) is 2. The van der Waals surface area contributed by atoms with Crippen molar-refractivity contribution in [2.45, 2.75) is 38.5 Å². The molecule has 2 aliphatic rings. The molecule has 0 fully saturated rings. The number of hydrogen-bond donors (Lipinski definition) is 0. The first kappa shape index (κ1) is 49.5. The third-order valence-corrected chi connectivity index (χ3v) is 18.5. The average molecular weight is 1070 g/mol. The lowest BCUT2D eigenvalue weighted by Gasteiger charge is -2.28. The van der Waals surface area contributed by atoms with Crippen molar-refractivity contribution in [1.29, 1.82) is 0 Å². The van der Waals surface area contributed by atoms with Gasteiger partial charge in [0.25, 0.3) is 0 Å². The van der Waals surface area contributed by atoms with Gasteiger partial charge in [-0.15, -0.1) is 0 Å². The van der Waals surface area contributed by atoms with E-state index in [4.69, 9.17) is 0 Å². The van der Waals surface area contributed by atoms with Crippen LogP contribution in [0.25, 0.3) is 100 Å². The molecule has 0 saturated heterocycles. The molecule has 398 valence electrons. The van der Waals surface area contributed by atoms with Crippen LogP contribution < -0.4 is 9.80 Å². The Morgan fingerprint density at radius 3 is 1.01 bits per heavy atom. The maximum Gasteiger partial charge on any atom is 0.0468 e. The smallest absolute Gasteiger partial charge is 0.0468 e. The fourth-order valence-corrected chi connectivity index (χ4v) is 14.2.